The molecule has 0 atom stereocenters. The summed E-state index contributed by atoms with van der Waals surface area (Å²) in [6.45, 7) is 1.16. The predicted octanol–water partition coefficient (Wildman–Crippen LogP) is 3.30. The van der Waals surface area contributed by atoms with E-state index in [1.807, 2.05) is 12.1 Å². The summed E-state index contributed by atoms with van der Waals surface area (Å²) in [7, 11) is 0. The Hall–Kier alpha value is -2.63. The Morgan fingerprint density at radius 1 is 1.25 bits per heavy atom. The first-order valence-corrected chi connectivity index (χ1v) is 8.35. The van der Waals surface area contributed by atoms with Gasteiger partial charge in [0.2, 0.25) is 5.95 Å². The monoisotopic (exact) mass is 326 g/mol. The number of amides is 1. The maximum atomic E-state index is 12.1. The summed E-state index contributed by atoms with van der Waals surface area (Å²) in [5.41, 5.74) is 1.92. The van der Waals surface area contributed by atoms with Gasteiger partial charge in [-0.05, 0) is 44.2 Å². The summed E-state index contributed by atoms with van der Waals surface area (Å²) in [5.74, 6) is 1.14. The van der Waals surface area contributed by atoms with Crippen LogP contribution in [0.1, 0.15) is 48.2 Å². The van der Waals surface area contributed by atoms with E-state index in [-0.39, 0.29) is 5.91 Å². The predicted molar refractivity (Wildman–Crippen MR) is 91.6 cm³/mol. The molecule has 2 aromatic heterocycles. The molecule has 0 saturated heterocycles. The molecule has 2 N–H and O–H groups in total. The quantitative estimate of drug-likeness (QED) is 0.763. The van der Waals surface area contributed by atoms with Crippen molar-refractivity contribution in [2.45, 2.75) is 38.6 Å². The van der Waals surface area contributed by atoms with E-state index in [9.17, 15) is 4.79 Å². The largest absolute Gasteiger partial charge is 0.467 e. The molecule has 2 aromatic rings. The van der Waals surface area contributed by atoms with E-state index < -0.39 is 0 Å². The van der Waals surface area contributed by atoms with Crippen LogP contribution in [0.2, 0.25) is 0 Å². The molecule has 24 heavy (non-hydrogen) atoms. The molecule has 6 nitrogen and oxygen atoms in total. The fourth-order valence-corrected chi connectivity index (χ4v) is 2.69. The lowest BCUT2D eigenvalue weighted by Gasteiger charge is -2.12. The van der Waals surface area contributed by atoms with Gasteiger partial charge in [-0.25, -0.2) is 9.97 Å². The molecule has 0 bridgehead atoms. The summed E-state index contributed by atoms with van der Waals surface area (Å²) < 4.78 is 5.22. The van der Waals surface area contributed by atoms with Gasteiger partial charge in [-0.2, -0.15) is 0 Å². The van der Waals surface area contributed by atoms with Gasteiger partial charge in [0.05, 0.1) is 18.4 Å². The van der Waals surface area contributed by atoms with Crippen molar-refractivity contribution in [3.63, 3.8) is 0 Å². The number of allylic oxidation sites excluding steroid dienone is 1. The van der Waals surface area contributed by atoms with E-state index in [2.05, 4.69) is 26.7 Å². The number of rotatable bonds is 7. The Bertz CT molecular complexity index is 678. The van der Waals surface area contributed by atoms with Gasteiger partial charge in [0.25, 0.3) is 5.91 Å². The minimum Gasteiger partial charge on any atom is -0.467 e. The normalized spacial score (nSPS) is 14.1. The highest BCUT2D eigenvalue weighted by Gasteiger charge is 2.08. The SMILES string of the molecule is O=C(NCCC1=CCCCC1)c1cnc(NCc2ccco2)nc1. The molecule has 0 radical (unpaired) electrons. The molecule has 1 amide bonds. The fraction of sp³-hybridized carbons (Fsp3) is 0.389. The zero-order chi connectivity index (χ0) is 16.6. The second-order valence-corrected chi connectivity index (χ2v) is 5.84. The molecule has 0 saturated carbocycles. The van der Waals surface area contributed by atoms with Crippen LogP contribution in [0, 0.1) is 0 Å². The smallest absolute Gasteiger partial charge is 0.254 e. The van der Waals surface area contributed by atoms with Crippen molar-refractivity contribution in [1.82, 2.24) is 15.3 Å². The van der Waals surface area contributed by atoms with Crippen LogP contribution in [0.15, 0.2) is 46.9 Å². The fourth-order valence-electron chi connectivity index (χ4n) is 2.69. The lowest BCUT2D eigenvalue weighted by Crippen LogP contribution is -2.25. The van der Waals surface area contributed by atoms with E-state index >= 15 is 0 Å². The Balaban J connectivity index is 1.44. The maximum absolute atomic E-state index is 12.1. The van der Waals surface area contributed by atoms with E-state index in [0.717, 1.165) is 18.6 Å². The molecule has 2 heterocycles. The van der Waals surface area contributed by atoms with Crippen LogP contribution in [0.5, 0.6) is 0 Å². The molecular weight excluding hydrogens is 304 g/mol. The number of carbonyl (C=O) groups is 1. The van der Waals surface area contributed by atoms with Crippen molar-refractivity contribution in [1.29, 1.82) is 0 Å². The lowest BCUT2D eigenvalue weighted by atomic mass is 9.97. The van der Waals surface area contributed by atoms with E-state index in [1.54, 1.807) is 6.26 Å². The number of anilines is 1. The second-order valence-electron chi connectivity index (χ2n) is 5.84. The average molecular weight is 326 g/mol. The lowest BCUT2D eigenvalue weighted by molar-refractivity contribution is 0.0953. The van der Waals surface area contributed by atoms with Crippen LogP contribution in [0.4, 0.5) is 5.95 Å². The maximum Gasteiger partial charge on any atom is 0.254 e. The number of hydrogen-bond donors (Lipinski definition) is 2. The first kappa shape index (κ1) is 16.2. The van der Waals surface area contributed by atoms with Crippen LogP contribution in [0.25, 0.3) is 0 Å². The third kappa shape index (κ3) is 4.68. The summed E-state index contributed by atoms with van der Waals surface area (Å²) in [6, 6.07) is 3.70. The number of carbonyl (C=O) groups excluding carboxylic acids is 1. The van der Waals surface area contributed by atoms with Crippen molar-refractivity contribution in [2.24, 2.45) is 0 Å². The topological polar surface area (TPSA) is 80.0 Å². The molecule has 0 aromatic carbocycles. The Kier molecular flexibility index (Phi) is 5.61. The number of aromatic nitrogens is 2. The first-order chi connectivity index (χ1) is 11.8. The molecule has 126 valence electrons. The zero-order valence-corrected chi connectivity index (χ0v) is 13.6. The minimum absolute atomic E-state index is 0.135. The standard InChI is InChI=1S/C18H22N4O2/c23-17(19-9-8-14-5-2-1-3-6-14)15-11-20-18(21-12-15)22-13-16-7-4-10-24-16/h4-5,7,10-12H,1-3,6,8-9,13H2,(H,19,23)(H,20,21,22). The number of hydrogen-bond acceptors (Lipinski definition) is 5. The van der Waals surface area contributed by atoms with Gasteiger partial charge in [0.1, 0.15) is 5.76 Å². The first-order valence-electron chi connectivity index (χ1n) is 8.35. The van der Waals surface area contributed by atoms with Crippen LogP contribution in [-0.4, -0.2) is 22.4 Å². The Morgan fingerprint density at radius 2 is 2.12 bits per heavy atom. The van der Waals surface area contributed by atoms with E-state index in [4.69, 9.17) is 4.42 Å². The van der Waals surface area contributed by atoms with Crippen molar-refractivity contribution >= 4 is 11.9 Å². The molecule has 3 rings (SSSR count). The third-order valence-corrected chi connectivity index (χ3v) is 4.03. The van der Waals surface area contributed by atoms with Crippen molar-refractivity contribution in [3.05, 3.63) is 53.8 Å². The van der Waals surface area contributed by atoms with Gasteiger partial charge in [-0.1, -0.05) is 11.6 Å². The molecule has 0 aliphatic heterocycles. The number of nitrogens with zero attached hydrogens (tertiary/aromatic N) is 2. The third-order valence-electron chi connectivity index (χ3n) is 4.03. The summed E-state index contributed by atoms with van der Waals surface area (Å²) in [6.07, 6.45) is 12.8. The number of furan rings is 1. The summed E-state index contributed by atoms with van der Waals surface area (Å²) >= 11 is 0. The van der Waals surface area contributed by atoms with Crippen molar-refractivity contribution in [2.75, 3.05) is 11.9 Å². The summed E-state index contributed by atoms with van der Waals surface area (Å²) in [4.78, 5) is 20.4. The van der Waals surface area contributed by atoms with Gasteiger partial charge in [-0.15, -0.1) is 0 Å². The van der Waals surface area contributed by atoms with Gasteiger partial charge >= 0.3 is 0 Å². The molecule has 6 heteroatoms. The zero-order valence-electron chi connectivity index (χ0n) is 13.6. The Morgan fingerprint density at radius 3 is 2.83 bits per heavy atom. The van der Waals surface area contributed by atoms with E-state index in [0.29, 0.717) is 24.6 Å². The highest BCUT2D eigenvalue weighted by atomic mass is 16.3. The van der Waals surface area contributed by atoms with Gasteiger partial charge < -0.3 is 15.1 Å². The second kappa shape index (κ2) is 8.29. The average Bonchev–Trinajstić information content (AvgIpc) is 3.15. The molecule has 0 spiro atoms. The van der Waals surface area contributed by atoms with Crippen LogP contribution in [0.3, 0.4) is 0 Å². The highest BCUT2D eigenvalue weighted by molar-refractivity contribution is 5.93. The van der Waals surface area contributed by atoms with Gasteiger partial charge in [0, 0.05) is 18.9 Å². The molecule has 0 unspecified atom stereocenters. The van der Waals surface area contributed by atoms with Crippen LogP contribution >= 0.6 is 0 Å². The van der Waals surface area contributed by atoms with Gasteiger partial charge in [-0.3, -0.25) is 4.79 Å². The van der Waals surface area contributed by atoms with Crippen LogP contribution < -0.4 is 10.6 Å². The molecule has 0 fully saturated rings. The highest BCUT2D eigenvalue weighted by Crippen LogP contribution is 2.19. The van der Waals surface area contributed by atoms with E-state index in [1.165, 1.54) is 37.2 Å². The molecular formula is C18H22N4O2. The van der Waals surface area contributed by atoms with Gasteiger partial charge in [0.15, 0.2) is 0 Å². The summed E-state index contributed by atoms with van der Waals surface area (Å²) in [5, 5.41) is 5.97. The Labute approximate surface area is 141 Å². The molecule has 1 aliphatic rings. The van der Waals surface area contributed by atoms with Crippen molar-refractivity contribution < 1.29 is 9.21 Å². The molecule has 1 aliphatic carbocycles. The van der Waals surface area contributed by atoms with Crippen LogP contribution in [-0.2, 0) is 6.54 Å². The van der Waals surface area contributed by atoms with Crippen molar-refractivity contribution in [3.8, 4) is 0 Å². The minimum atomic E-state index is -0.135. The number of nitrogens with one attached hydrogen (secondary N) is 2.